The number of quaternary nitrogens is 1. The molecule has 0 aliphatic carbocycles. The molecule has 1 aromatic heterocycles. The van der Waals surface area contributed by atoms with Crippen LogP contribution in [0.1, 0.15) is 5.56 Å². The second-order valence-corrected chi connectivity index (χ2v) is 7.31. The summed E-state index contributed by atoms with van der Waals surface area (Å²) in [6.45, 7) is 4.49. The molecular weight excluding hydrogens is 362 g/mol. The van der Waals surface area contributed by atoms with Crippen LogP contribution in [0, 0.1) is 0 Å². The summed E-state index contributed by atoms with van der Waals surface area (Å²) < 4.78 is 5.92. The number of hydrogen-bond acceptors (Lipinski definition) is 3. The summed E-state index contributed by atoms with van der Waals surface area (Å²) in [6.07, 6.45) is 3.67. The first-order valence-corrected chi connectivity index (χ1v) is 10.1. The topological polar surface area (TPSA) is 46.9 Å². The van der Waals surface area contributed by atoms with Crippen molar-refractivity contribution in [1.82, 2.24) is 9.88 Å². The van der Waals surface area contributed by atoms with Gasteiger partial charge in [0.1, 0.15) is 12.3 Å². The van der Waals surface area contributed by atoms with Crippen molar-refractivity contribution in [1.29, 1.82) is 0 Å². The van der Waals surface area contributed by atoms with E-state index < -0.39 is 0 Å². The van der Waals surface area contributed by atoms with E-state index in [-0.39, 0.29) is 12.5 Å². The number of piperazine rings is 1. The number of pyridine rings is 1. The van der Waals surface area contributed by atoms with Gasteiger partial charge in [-0.05, 0) is 23.8 Å². The predicted octanol–water partition coefficient (Wildman–Crippen LogP) is 2.05. The maximum absolute atomic E-state index is 12.7. The normalized spacial score (nSPS) is 14.6. The zero-order valence-corrected chi connectivity index (χ0v) is 16.5. The molecule has 0 bridgehead atoms. The average molecular weight is 388 g/mol. The molecule has 29 heavy (non-hydrogen) atoms. The van der Waals surface area contributed by atoms with Gasteiger partial charge in [-0.3, -0.25) is 9.78 Å². The van der Waals surface area contributed by atoms with Gasteiger partial charge in [0.05, 0.1) is 26.2 Å². The first-order valence-electron chi connectivity index (χ1n) is 10.1. The van der Waals surface area contributed by atoms with Gasteiger partial charge in [0.2, 0.25) is 0 Å². The Labute approximate surface area is 171 Å². The highest BCUT2D eigenvalue weighted by Gasteiger charge is 2.24. The number of carbonyl (C=O) groups excluding carboxylic acids is 1. The molecule has 3 aromatic rings. The molecule has 1 aliphatic heterocycles. The molecule has 5 nitrogen and oxygen atoms in total. The van der Waals surface area contributed by atoms with E-state index in [9.17, 15) is 4.79 Å². The van der Waals surface area contributed by atoms with E-state index in [1.165, 1.54) is 10.5 Å². The summed E-state index contributed by atoms with van der Waals surface area (Å²) in [5.74, 6) is 0.796. The Morgan fingerprint density at radius 3 is 2.38 bits per heavy atom. The van der Waals surface area contributed by atoms with Crippen LogP contribution in [0.2, 0.25) is 0 Å². The molecule has 0 radical (unpaired) electrons. The molecule has 2 aromatic carbocycles. The van der Waals surface area contributed by atoms with Gasteiger partial charge in [-0.2, -0.15) is 0 Å². The largest absolute Gasteiger partial charge is 0.483 e. The van der Waals surface area contributed by atoms with Gasteiger partial charge >= 0.3 is 0 Å². The lowest BCUT2D eigenvalue weighted by molar-refractivity contribution is -0.917. The van der Waals surface area contributed by atoms with E-state index in [0.717, 1.165) is 49.6 Å². The number of carbonyl (C=O) groups is 1. The van der Waals surface area contributed by atoms with Crippen LogP contribution in [0.3, 0.4) is 0 Å². The first-order chi connectivity index (χ1) is 14.3. The van der Waals surface area contributed by atoms with Crippen molar-refractivity contribution < 1.29 is 14.4 Å². The monoisotopic (exact) mass is 388 g/mol. The standard InChI is InChI=1S/C24H25N3O2/c28-24(27-16-14-26(15-17-27)18-20-10-12-25-13-11-20)19-29-23-9-5-4-8-22(23)21-6-2-1-3-7-21/h1-13H,14-19H2/p+1. The van der Waals surface area contributed by atoms with Gasteiger partial charge in [0, 0.05) is 23.5 Å². The lowest BCUT2D eigenvalue weighted by Gasteiger charge is -2.32. The van der Waals surface area contributed by atoms with Crippen LogP contribution in [-0.4, -0.2) is 48.6 Å². The summed E-state index contributed by atoms with van der Waals surface area (Å²) in [4.78, 5) is 20.1. The lowest BCUT2D eigenvalue weighted by Crippen LogP contribution is -3.13. The summed E-state index contributed by atoms with van der Waals surface area (Å²) in [7, 11) is 0. The number of aromatic nitrogens is 1. The van der Waals surface area contributed by atoms with Crippen LogP contribution >= 0.6 is 0 Å². The van der Waals surface area contributed by atoms with E-state index in [1.54, 1.807) is 0 Å². The van der Waals surface area contributed by atoms with Gasteiger partial charge in [-0.25, -0.2) is 0 Å². The summed E-state index contributed by atoms with van der Waals surface area (Å²) in [5, 5.41) is 0. The molecule has 0 saturated carbocycles. The third kappa shape index (κ3) is 5.00. The van der Waals surface area contributed by atoms with Crippen LogP contribution in [0.25, 0.3) is 11.1 Å². The second kappa shape index (κ2) is 9.34. The van der Waals surface area contributed by atoms with Crippen molar-refractivity contribution in [3.63, 3.8) is 0 Å². The van der Waals surface area contributed by atoms with Crippen LogP contribution in [0.5, 0.6) is 5.75 Å². The highest BCUT2D eigenvalue weighted by Crippen LogP contribution is 2.29. The van der Waals surface area contributed by atoms with Gasteiger partial charge in [0.15, 0.2) is 6.61 Å². The maximum atomic E-state index is 12.7. The zero-order valence-electron chi connectivity index (χ0n) is 16.5. The minimum absolute atomic E-state index is 0.0517. The minimum Gasteiger partial charge on any atom is -0.483 e. The lowest BCUT2D eigenvalue weighted by atomic mass is 10.1. The smallest absolute Gasteiger partial charge is 0.260 e. The van der Waals surface area contributed by atoms with Crippen molar-refractivity contribution in [3.8, 4) is 16.9 Å². The third-order valence-corrected chi connectivity index (χ3v) is 5.35. The number of ether oxygens (including phenoxy) is 1. The Kier molecular flexibility index (Phi) is 6.17. The number of amides is 1. The van der Waals surface area contributed by atoms with Gasteiger partial charge in [-0.15, -0.1) is 0 Å². The van der Waals surface area contributed by atoms with E-state index in [0.29, 0.717) is 0 Å². The SMILES string of the molecule is O=C(COc1ccccc1-c1ccccc1)N1CC[NH+](Cc2ccncc2)CC1. The molecule has 1 N–H and O–H groups in total. The Morgan fingerprint density at radius 2 is 1.62 bits per heavy atom. The fourth-order valence-corrected chi connectivity index (χ4v) is 3.72. The molecule has 1 saturated heterocycles. The molecule has 4 rings (SSSR count). The Bertz CT molecular complexity index is 923. The molecule has 1 aliphatic rings. The predicted molar refractivity (Wildman–Crippen MR) is 113 cm³/mol. The van der Waals surface area contributed by atoms with Crippen molar-refractivity contribution in [2.24, 2.45) is 0 Å². The highest BCUT2D eigenvalue weighted by atomic mass is 16.5. The van der Waals surface area contributed by atoms with Crippen LogP contribution < -0.4 is 9.64 Å². The Hall–Kier alpha value is -3.18. The van der Waals surface area contributed by atoms with E-state index >= 15 is 0 Å². The number of hydrogen-bond donors (Lipinski definition) is 1. The van der Waals surface area contributed by atoms with Crippen molar-refractivity contribution >= 4 is 5.91 Å². The van der Waals surface area contributed by atoms with E-state index in [2.05, 4.69) is 29.2 Å². The highest BCUT2D eigenvalue weighted by molar-refractivity contribution is 5.78. The van der Waals surface area contributed by atoms with E-state index in [4.69, 9.17) is 4.74 Å². The number of rotatable bonds is 6. The molecule has 1 fully saturated rings. The fraction of sp³-hybridized carbons (Fsp3) is 0.250. The molecule has 2 heterocycles. The minimum atomic E-state index is 0.0517. The third-order valence-electron chi connectivity index (χ3n) is 5.35. The van der Waals surface area contributed by atoms with Crippen molar-refractivity contribution in [2.45, 2.75) is 6.54 Å². The molecule has 5 heteroatoms. The first kappa shape index (κ1) is 19.2. The van der Waals surface area contributed by atoms with Gasteiger partial charge in [0.25, 0.3) is 5.91 Å². The number of para-hydroxylation sites is 1. The second-order valence-electron chi connectivity index (χ2n) is 7.31. The molecule has 0 atom stereocenters. The van der Waals surface area contributed by atoms with Crippen LogP contribution in [0.15, 0.2) is 79.1 Å². The fourth-order valence-electron chi connectivity index (χ4n) is 3.72. The molecule has 0 unspecified atom stereocenters. The summed E-state index contributed by atoms with van der Waals surface area (Å²) in [5.41, 5.74) is 3.38. The number of nitrogens with zero attached hydrogens (tertiary/aromatic N) is 2. The van der Waals surface area contributed by atoms with Crippen molar-refractivity contribution in [3.05, 3.63) is 84.7 Å². The average Bonchev–Trinajstić information content (AvgIpc) is 2.79. The summed E-state index contributed by atoms with van der Waals surface area (Å²) in [6, 6.07) is 22.1. The number of nitrogens with one attached hydrogen (secondary N) is 1. The van der Waals surface area contributed by atoms with Gasteiger partial charge < -0.3 is 14.5 Å². The maximum Gasteiger partial charge on any atom is 0.260 e. The van der Waals surface area contributed by atoms with Gasteiger partial charge in [-0.1, -0.05) is 48.5 Å². The quantitative estimate of drug-likeness (QED) is 0.703. The molecular formula is C24H26N3O2+. The van der Waals surface area contributed by atoms with Crippen molar-refractivity contribution in [2.75, 3.05) is 32.8 Å². The Morgan fingerprint density at radius 1 is 0.931 bits per heavy atom. The number of benzene rings is 2. The van der Waals surface area contributed by atoms with Crippen LogP contribution in [-0.2, 0) is 11.3 Å². The van der Waals surface area contributed by atoms with E-state index in [1.807, 2.05) is 59.8 Å². The molecule has 1 amide bonds. The molecule has 0 spiro atoms. The zero-order chi connectivity index (χ0) is 19.9. The van der Waals surface area contributed by atoms with Crippen LogP contribution in [0.4, 0.5) is 0 Å². The summed E-state index contributed by atoms with van der Waals surface area (Å²) >= 11 is 0. The Balaban J connectivity index is 1.30. The molecule has 148 valence electrons.